The molecule has 2 aliphatic heterocycles. The number of nitrogens with one attached hydrogen (secondary N) is 1. The molecule has 1 aromatic heterocycles. The van der Waals surface area contributed by atoms with E-state index in [0.717, 1.165) is 25.2 Å². The first-order valence-corrected chi connectivity index (χ1v) is 13.0. The monoisotopic (exact) mass is 524 g/mol. The van der Waals surface area contributed by atoms with Gasteiger partial charge in [-0.1, -0.05) is 6.07 Å². The van der Waals surface area contributed by atoms with Crippen LogP contribution >= 0.6 is 0 Å². The largest absolute Gasteiger partial charge is 0.394 e. The van der Waals surface area contributed by atoms with Crippen molar-refractivity contribution >= 4 is 17.8 Å². The van der Waals surface area contributed by atoms with Crippen LogP contribution in [-0.2, 0) is 11.3 Å². The summed E-state index contributed by atoms with van der Waals surface area (Å²) in [5.41, 5.74) is 13.1. The van der Waals surface area contributed by atoms with Crippen molar-refractivity contribution in [2.24, 2.45) is 23.3 Å². The molecular formula is C26H36N8O4. The third-order valence-electron chi connectivity index (χ3n) is 8.04. The minimum absolute atomic E-state index is 0.156. The second kappa shape index (κ2) is 10.1. The number of anilines is 1. The lowest BCUT2D eigenvalue weighted by molar-refractivity contribution is -0.139. The molecule has 6 N–H and O–H groups in total. The number of benzene rings is 1. The summed E-state index contributed by atoms with van der Waals surface area (Å²) < 4.78 is 1.45. The Balaban J connectivity index is 1.17. The van der Waals surface area contributed by atoms with Crippen molar-refractivity contribution in [2.75, 3.05) is 51.2 Å². The summed E-state index contributed by atoms with van der Waals surface area (Å²) in [5.74, 6) is 1.09. The van der Waals surface area contributed by atoms with Crippen LogP contribution in [0.5, 0.6) is 0 Å². The number of aryl methyl sites for hydroxylation is 1. The molecule has 1 saturated carbocycles. The second-order valence-electron chi connectivity index (χ2n) is 11.0. The van der Waals surface area contributed by atoms with Crippen molar-refractivity contribution in [1.82, 2.24) is 24.3 Å². The Hall–Kier alpha value is -3.32. The van der Waals surface area contributed by atoms with Gasteiger partial charge in [0, 0.05) is 58.1 Å². The number of carbonyl (C=O) groups excluding carboxylic acids is 2. The van der Waals surface area contributed by atoms with E-state index in [1.807, 2.05) is 19.1 Å². The number of nitrogens with two attached hydrogens (primary N) is 2. The van der Waals surface area contributed by atoms with Gasteiger partial charge in [0.25, 0.3) is 0 Å². The number of hydrogen-bond acceptors (Lipinski definition) is 8. The van der Waals surface area contributed by atoms with E-state index in [-0.39, 0.29) is 11.7 Å². The molecule has 3 fully saturated rings. The third-order valence-corrected chi connectivity index (χ3v) is 8.04. The minimum atomic E-state index is -1.35. The molecule has 12 heteroatoms. The average Bonchev–Trinajstić information content (AvgIpc) is 3.29. The first-order chi connectivity index (χ1) is 18.1. The number of amides is 3. The standard InChI is InChI=1S/C26H36N8O4/c1-16-11-18(4-3-17(16)12-31-13-19-20(14-31)22(19)27)34-6-5-21(30-25(34)38)29-24(37)33-9-7-32(8-10-33)23(36)26(2,28)15-35/h3-6,11,19-20,22,35H,7-10,12-15,27-28H2,1-2H3,(H,29,30,37,38)/t19?,20?,22?,26-/m0/s1. The van der Waals surface area contributed by atoms with E-state index in [9.17, 15) is 19.5 Å². The number of aliphatic hydroxyl groups is 1. The normalized spacial score (nSPS) is 24.6. The highest BCUT2D eigenvalue weighted by molar-refractivity contribution is 5.89. The van der Waals surface area contributed by atoms with E-state index in [2.05, 4.69) is 21.3 Å². The zero-order chi connectivity index (χ0) is 27.2. The fourth-order valence-electron chi connectivity index (χ4n) is 5.44. The molecule has 3 amide bonds. The maximum atomic E-state index is 12.8. The molecule has 2 unspecified atom stereocenters. The fourth-order valence-corrected chi connectivity index (χ4v) is 5.44. The van der Waals surface area contributed by atoms with Crippen LogP contribution in [0.3, 0.4) is 0 Å². The Kier molecular flexibility index (Phi) is 6.99. The van der Waals surface area contributed by atoms with Gasteiger partial charge >= 0.3 is 11.7 Å². The maximum absolute atomic E-state index is 12.8. The Morgan fingerprint density at radius 3 is 2.39 bits per heavy atom. The van der Waals surface area contributed by atoms with Crippen LogP contribution in [0.25, 0.3) is 5.69 Å². The predicted octanol–water partition coefficient (Wildman–Crippen LogP) is -0.684. The van der Waals surface area contributed by atoms with Crippen LogP contribution in [-0.4, -0.2) is 98.8 Å². The summed E-state index contributed by atoms with van der Waals surface area (Å²) in [6.45, 7) is 7.24. The van der Waals surface area contributed by atoms with Gasteiger partial charge in [-0.15, -0.1) is 0 Å². The van der Waals surface area contributed by atoms with E-state index < -0.39 is 23.9 Å². The molecule has 3 aliphatic rings. The van der Waals surface area contributed by atoms with Gasteiger partial charge in [-0.05, 0) is 55.0 Å². The number of rotatable bonds is 6. The van der Waals surface area contributed by atoms with Crippen LogP contribution in [0.1, 0.15) is 18.1 Å². The average molecular weight is 525 g/mol. The summed E-state index contributed by atoms with van der Waals surface area (Å²) in [6, 6.07) is 7.50. The number of carbonyl (C=O) groups is 2. The van der Waals surface area contributed by atoms with Crippen LogP contribution in [0.2, 0.25) is 0 Å². The topological polar surface area (TPSA) is 163 Å². The highest BCUT2D eigenvalue weighted by Gasteiger charge is 2.53. The van der Waals surface area contributed by atoms with E-state index in [1.165, 1.54) is 22.0 Å². The summed E-state index contributed by atoms with van der Waals surface area (Å²) in [5, 5.41) is 12.0. The van der Waals surface area contributed by atoms with Crippen molar-refractivity contribution in [3.8, 4) is 5.69 Å². The number of fused-ring (bicyclic) bond motifs is 1. The molecule has 38 heavy (non-hydrogen) atoms. The lowest BCUT2D eigenvalue weighted by Gasteiger charge is -2.37. The highest BCUT2D eigenvalue weighted by Crippen LogP contribution is 2.44. The minimum Gasteiger partial charge on any atom is -0.394 e. The molecule has 3 atom stereocenters. The SMILES string of the molecule is Cc1cc(-n2ccc(NC(=O)N3CCN(C(=O)[C@@](C)(N)CO)CC3)nc2=O)ccc1CN1CC2C(N)C2C1. The number of nitrogens with zero attached hydrogens (tertiary/aromatic N) is 5. The second-order valence-corrected chi connectivity index (χ2v) is 11.0. The molecule has 1 aromatic carbocycles. The van der Waals surface area contributed by atoms with E-state index >= 15 is 0 Å². The molecule has 204 valence electrons. The third kappa shape index (κ3) is 5.17. The van der Waals surface area contributed by atoms with Gasteiger partial charge in [0.2, 0.25) is 5.91 Å². The molecule has 1 aliphatic carbocycles. The van der Waals surface area contributed by atoms with Gasteiger partial charge in [-0.2, -0.15) is 4.98 Å². The zero-order valence-corrected chi connectivity index (χ0v) is 21.8. The van der Waals surface area contributed by atoms with Gasteiger partial charge in [-0.3, -0.25) is 19.6 Å². The Labute approximate surface area is 221 Å². The molecule has 0 radical (unpaired) electrons. The van der Waals surface area contributed by atoms with Gasteiger partial charge in [0.15, 0.2) is 0 Å². The molecule has 0 bridgehead atoms. The highest BCUT2D eigenvalue weighted by atomic mass is 16.3. The summed E-state index contributed by atoms with van der Waals surface area (Å²) >= 11 is 0. The molecule has 12 nitrogen and oxygen atoms in total. The molecule has 0 spiro atoms. The van der Waals surface area contributed by atoms with Crippen LogP contribution in [0.15, 0.2) is 35.3 Å². The Morgan fingerprint density at radius 2 is 1.79 bits per heavy atom. The summed E-state index contributed by atoms with van der Waals surface area (Å²) in [7, 11) is 0. The zero-order valence-electron chi connectivity index (χ0n) is 21.8. The summed E-state index contributed by atoms with van der Waals surface area (Å²) in [4.78, 5) is 47.5. The number of aliphatic hydroxyl groups excluding tert-OH is 1. The molecule has 3 heterocycles. The van der Waals surface area contributed by atoms with Gasteiger partial charge in [-0.25, -0.2) is 9.59 Å². The van der Waals surface area contributed by atoms with Gasteiger partial charge in [0.05, 0.1) is 12.3 Å². The molecule has 5 rings (SSSR count). The predicted molar refractivity (Wildman–Crippen MR) is 142 cm³/mol. The number of hydrogen-bond donors (Lipinski definition) is 4. The van der Waals surface area contributed by atoms with Crippen molar-refractivity contribution in [3.05, 3.63) is 52.1 Å². The number of likely N-dealkylation sites (tertiary alicyclic amines) is 1. The van der Waals surface area contributed by atoms with Gasteiger partial charge in [0.1, 0.15) is 11.4 Å². The fraction of sp³-hybridized carbons (Fsp3) is 0.538. The quantitative estimate of drug-likeness (QED) is 0.386. The van der Waals surface area contributed by atoms with Crippen LogP contribution < -0.4 is 22.5 Å². The first kappa shape index (κ1) is 26.3. The van der Waals surface area contributed by atoms with Crippen LogP contribution in [0.4, 0.5) is 10.6 Å². The van der Waals surface area contributed by atoms with Crippen LogP contribution in [0, 0.1) is 18.8 Å². The number of aromatic nitrogens is 2. The maximum Gasteiger partial charge on any atom is 0.354 e. The lowest BCUT2D eigenvalue weighted by Crippen LogP contribution is -2.60. The first-order valence-electron chi connectivity index (χ1n) is 13.0. The molecule has 2 saturated heterocycles. The van der Waals surface area contributed by atoms with E-state index in [4.69, 9.17) is 11.5 Å². The van der Waals surface area contributed by atoms with Crippen molar-refractivity contribution in [3.63, 3.8) is 0 Å². The summed E-state index contributed by atoms with van der Waals surface area (Å²) in [6.07, 6.45) is 1.60. The number of piperazine rings is 1. The molecule has 2 aromatic rings. The number of urea groups is 1. The Morgan fingerprint density at radius 1 is 1.13 bits per heavy atom. The van der Waals surface area contributed by atoms with Crippen molar-refractivity contribution in [2.45, 2.75) is 32.0 Å². The van der Waals surface area contributed by atoms with E-state index in [1.54, 1.807) is 17.2 Å². The smallest absolute Gasteiger partial charge is 0.354 e. The number of piperidine rings is 1. The van der Waals surface area contributed by atoms with E-state index in [0.29, 0.717) is 49.7 Å². The van der Waals surface area contributed by atoms with Gasteiger partial charge < -0.3 is 26.4 Å². The Bertz CT molecular complexity index is 1270. The van der Waals surface area contributed by atoms with Crippen molar-refractivity contribution in [1.29, 1.82) is 0 Å². The lowest BCUT2D eigenvalue weighted by atomic mass is 10.0. The van der Waals surface area contributed by atoms with Crippen molar-refractivity contribution < 1.29 is 14.7 Å². The molecular weight excluding hydrogens is 488 g/mol.